The molecule has 16 heavy (non-hydrogen) atoms. The van der Waals surface area contributed by atoms with Gasteiger partial charge in [0.2, 0.25) is 0 Å². The number of carbonyl (C=O) groups excluding carboxylic acids is 1. The molecule has 0 aliphatic carbocycles. The molecule has 0 aromatic carbocycles. The summed E-state index contributed by atoms with van der Waals surface area (Å²) in [6, 6.07) is 0. The van der Waals surface area contributed by atoms with Gasteiger partial charge in [-0.3, -0.25) is 11.4 Å². The Morgan fingerprint density at radius 2 is 1.69 bits per heavy atom. The number of hydrogen-bond acceptors (Lipinski definition) is 4. The molecule has 0 unspecified atom stereocenters. The third-order valence-corrected chi connectivity index (χ3v) is 1.61. The minimum atomic E-state index is -0.694. The molecule has 0 aromatic rings. The second-order valence-electron chi connectivity index (χ2n) is 2.83. The van der Waals surface area contributed by atoms with Crippen molar-refractivity contribution in [3.63, 3.8) is 0 Å². The third kappa shape index (κ3) is 8.43. The van der Waals surface area contributed by atoms with Gasteiger partial charge in [0.1, 0.15) is 18.8 Å². The van der Waals surface area contributed by atoms with Gasteiger partial charge in [-0.05, 0) is 0 Å². The molecule has 0 saturated carbocycles. The smallest absolute Gasteiger partial charge is 1.00 e. The van der Waals surface area contributed by atoms with Gasteiger partial charge in [0, 0.05) is 0 Å². The van der Waals surface area contributed by atoms with Crippen LogP contribution in [-0.2, 0) is 14.3 Å². The van der Waals surface area contributed by atoms with E-state index in [-0.39, 0.29) is 45.8 Å². The zero-order chi connectivity index (χ0) is 11.0. The molecular formula is C10H15BrMgO4. The largest absolute Gasteiger partial charge is 2.00 e. The van der Waals surface area contributed by atoms with Gasteiger partial charge in [0.05, 0.1) is 13.2 Å². The normalized spacial score (nSPS) is 18.4. The third-order valence-electron chi connectivity index (χ3n) is 1.61. The van der Waals surface area contributed by atoms with Crippen molar-refractivity contribution in [1.82, 2.24) is 0 Å². The molecule has 0 spiro atoms. The molecule has 0 radical (unpaired) electrons. The van der Waals surface area contributed by atoms with Gasteiger partial charge in [-0.15, -0.1) is 6.58 Å². The van der Waals surface area contributed by atoms with E-state index in [4.69, 9.17) is 9.84 Å². The molecule has 2 saturated heterocycles. The van der Waals surface area contributed by atoms with Gasteiger partial charge in [0.25, 0.3) is 0 Å². The second-order valence-corrected chi connectivity index (χ2v) is 2.83. The summed E-state index contributed by atoms with van der Waals surface area (Å²) >= 11 is 0. The van der Waals surface area contributed by atoms with E-state index in [1.165, 1.54) is 6.08 Å². The summed E-state index contributed by atoms with van der Waals surface area (Å²) in [7, 11) is 0. The van der Waals surface area contributed by atoms with Gasteiger partial charge >= 0.3 is 23.1 Å². The van der Waals surface area contributed by atoms with Crippen molar-refractivity contribution in [2.24, 2.45) is 0 Å². The minimum absolute atomic E-state index is 0. The van der Waals surface area contributed by atoms with Crippen LogP contribution in [0, 0.1) is 6.58 Å². The number of rotatable bonds is 1. The second kappa shape index (κ2) is 11.8. The van der Waals surface area contributed by atoms with E-state index in [0.29, 0.717) is 26.4 Å². The van der Waals surface area contributed by atoms with Crippen LogP contribution in [0.4, 0.5) is 0 Å². The maximum Gasteiger partial charge on any atom is 2.00 e. The molecule has 1 N–H and O–H groups in total. The summed E-state index contributed by atoms with van der Waals surface area (Å²) in [5.74, 6) is 0.213. The Hall–Kier alpha value is 0.276. The first-order chi connectivity index (χ1) is 6.66. The van der Waals surface area contributed by atoms with Gasteiger partial charge in [0.15, 0.2) is 5.78 Å². The predicted molar refractivity (Wildman–Crippen MR) is 57.5 cm³/mol. The monoisotopic (exact) mass is 302 g/mol. The molecule has 2 aliphatic rings. The molecule has 0 bridgehead atoms. The molecule has 2 aliphatic heterocycles. The number of hydrogen-bond donors (Lipinski definition) is 1. The molecule has 4 nitrogen and oxygen atoms in total. The number of aliphatic hydroxyl groups is 1. The van der Waals surface area contributed by atoms with Crippen molar-refractivity contribution < 1.29 is 36.4 Å². The molecule has 0 atom stereocenters. The zero-order valence-corrected chi connectivity index (χ0v) is 12.2. The minimum Gasteiger partial charge on any atom is -1.00 e. The van der Waals surface area contributed by atoms with Crippen molar-refractivity contribution >= 4 is 28.8 Å². The first kappa shape index (κ1) is 21.5. The maximum atomic E-state index is 9.77. The SMILES string of the molecule is C=CC1(O)COC1.O=C1COC1.[Br-].[CH-]=C.[Mg+2]. The molecular weight excluding hydrogens is 288 g/mol. The zero-order valence-electron chi connectivity index (χ0n) is 9.15. The summed E-state index contributed by atoms with van der Waals surface area (Å²) < 4.78 is 9.19. The number of ketones is 1. The first-order valence-electron chi connectivity index (χ1n) is 4.10. The van der Waals surface area contributed by atoms with Gasteiger partial charge in [-0.1, -0.05) is 6.08 Å². The summed E-state index contributed by atoms with van der Waals surface area (Å²) in [6.07, 6.45) is 1.51. The van der Waals surface area contributed by atoms with E-state index < -0.39 is 5.60 Å². The fraction of sp³-hybridized carbons (Fsp3) is 0.500. The predicted octanol–water partition coefficient (Wildman–Crippen LogP) is -3.25. The van der Waals surface area contributed by atoms with E-state index >= 15 is 0 Å². The summed E-state index contributed by atoms with van der Waals surface area (Å²) in [5, 5.41) is 8.98. The van der Waals surface area contributed by atoms with Crippen molar-refractivity contribution in [2.75, 3.05) is 26.4 Å². The Morgan fingerprint density at radius 3 is 1.69 bits per heavy atom. The Kier molecular flexibility index (Phi) is 15.8. The quantitative estimate of drug-likeness (QED) is 0.314. The van der Waals surface area contributed by atoms with Crippen molar-refractivity contribution in [2.45, 2.75) is 5.60 Å². The molecule has 0 aromatic heterocycles. The topological polar surface area (TPSA) is 55.8 Å². The summed E-state index contributed by atoms with van der Waals surface area (Å²) in [5.41, 5.74) is -0.694. The number of ether oxygens (including phenoxy) is 2. The van der Waals surface area contributed by atoms with E-state index in [2.05, 4.69) is 24.5 Å². The van der Waals surface area contributed by atoms with Crippen molar-refractivity contribution in [3.8, 4) is 0 Å². The van der Waals surface area contributed by atoms with Gasteiger partial charge < -0.3 is 38.1 Å². The van der Waals surface area contributed by atoms with Crippen LogP contribution in [-0.4, -0.2) is 66.0 Å². The van der Waals surface area contributed by atoms with Crippen LogP contribution in [0.25, 0.3) is 0 Å². The van der Waals surface area contributed by atoms with Crippen molar-refractivity contribution in [3.05, 3.63) is 25.8 Å². The molecule has 6 heteroatoms. The van der Waals surface area contributed by atoms with Crippen LogP contribution in [0.3, 0.4) is 0 Å². The average Bonchev–Trinajstić information content (AvgIpc) is 2.15. The van der Waals surface area contributed by atoms with E-state index in [1.54, 1.807) is 0 Å². The van der Waals surface area contributed by atoms with Crippen LogP contribution < -0.4 is 17.0 Å². The number of carbonyl (C=O) groups is 1. The standard InChI is InChI=1S/C5H8O2.C3H4O2.C2H3.BrH.Mg/c1-2-5(6)3-7-4-5;4-3-1-5-2-3;1-2;;/h2,6H,1,3-4H2;1-2H2;1H,2H2;1H;/q;;-1;;+2/p-1. The Labute approximate surface area is 123 Å². The number of Topliss-reactive ketones (excluding diaryl/α,β-unsaturated/α-hetero) is 1. The molecule has 2 heterocycles. The molecule has 2 rings (SSSR count). The molecule has 2 fully saturated rings. The van der Waals surface area contributed by atoms with Gasteiger partial charge in [-0.25, -0.2) is 0 Å². The summed E-state index contributed by atoms with van der Waals surface area (Å²) in [6.45, 7) is 11.9. The van der Waals surface area contributed by atoms with E-state index in [0.717, 1.165) is 0 Å². The Morgan fingerprint density at radius 1 is 1.31 bits per heavy atom. The Bertz CT molecular complexity index is 201. The molecule has 0 amide bonds. The Balaban J connectivity index is -0.000000169. The van der Waals surface area contributed by atoms with Crippen LogP contribution in [0.5, 0.6) is 0 Å². The van der Waals surface area contributed by atoms with Crippen LogP contribution in [0.2, 0.25) is 0 Å². The molecule has 88 valence electrons. The van der Waals surface area contributed by atoms with Crippen LogP contribution in [0.1, 0.15) is 0 Å². The van der Waals surface area contributed by atoms with Crippen LogP contribution in [0.15, 0.2) is 19.2 Å². The number of halogens is 1. The summed E-state index contributed by atoms with van der Waals surface area (Å²) in [4.78, 5) is 9.77. The maximum absolute atomic E-state index is 9.77. The van der Waals surface area contributed by atoms with Gasteiger partial charge in [-0.2, -0.15) is 0 Å². The van der Waals surface area contributed by atoms with E-state index in [1.807, 2.05) is 0 Å². The fourth-order valence-corrected chi connectivity index (χ4v) is 0.614. The first-order valence-corrected chi connectivity index (χ1v) is 4.10. The van der Waals surface area contributed by atoms with Crippen LogP contribution >= 0.6 is 0 Å². The average molecular weight is 303 g/mol. The van der Waals surface area contributed by atoms with E-state index in [9.17, 15) is 4.79 Å². The van der Waals surface area contributed by atoms with Crippen molar-refractivity contribution in [1.29, 1.82) is 0 Å². The fourth-order valence-electron chi connectivity index (χ4n) is 0.614.